The summed E-state index contributed by atoms with van der Waals surface area (Å²) in [6, 6.07) is 8.54. The lowest BCUT2D eigenvalue weighted by molar-refractivity contribution is 0.202. The van der Waals surface area contributed by atoms with Crippen LogP contribution in [-0.2, 0) is 0 Å². The zero-order chi connectivity index (χ0) is 13.2. The number of hydrogen-bond acceptors (Lipinski definition) is 2. The first kappa shape index (κ1) is 12.5. The Bertz CT molecular complexity index is 500. The number of hydrogen-bond donors (Lipinski definition) is 0. The van der Waals surface area contributed by atoms with E-state index in [-0.39, 0.29) is 0 Å². The van der Waals surface area contributed by atoms with Gasteiger partial charge in [-0.05, 0) is 49.3 Å². The van der Waals surface area contributed by atoms with Crippen LogP contribution >= 0.6 is 0 Å². The Morgan fingerprint density at radius 1 is 1.16 bits per heavy atom. The summed E-state index contributed by atoms with van der Waals surface area (Å²) in [5.41, 5.74) is 3.24. The molecule has 0 N–H and O–H groups in total. The summed E-state index contributed by atoms with van der Waals surface area (Å²) in [6.45, 7) is 4.39. The molecular formula is C17H22N2. The van der Waals surface area contributed by atoms with Gasteiger partial charge in [-0.3, -0.25) is 0 Å². The van der Waals surface area contributed by atoms with Crippen LogP contribution in [0.15, 0.2) is 18.2 Å². The van der Waals surface area contributed by atoms with E-state index in [4.69, 9.17) is 0 Å². The minimum atomic E-state index is 0.833. The van der Waals surface area contributed by atoms with E-state index in [1.54, 1.807) is 0 Å². The molecule has 2 aliphatic rings. The van der Waals surface area contributed by atoms with Crippen molar-refractivity contribution in [3.05, 3.63) is 29.3 Å². The van der Waals surface area contributed by atoms with Gasteiger partial charge in [0.15, 0.2) is 0 Å². The second kappa shape index (κ2) is 5.25. The molecule has 1 aromatic rings. The Morgan fingerprint density at radius 3 is 2.74 bits per heavy atom. The van der Waals surface area contributed by atoms with Gasteiger partial charge in [-0.25, -0.2) is 0 Å². The molecule has 0 amide bonds. The van der Waals surface area contributed by atoms with Gasteiger partial charge >= 0.3 is 0 Å². The lowest BCUT2D eigenvalue weighted by Crippen LogP contribution is -2.42. The first-order valence-corrected chi connectivity index (χ1v) is 7.53. The molecule has 1 aliphatic heterocycles. The van der Waals surface area contributed by atoms with Gasteiger partial charge in [0, 0.05) is 13.1 Å². The molecule has 2 heteroatoms. The molecule has 1 aliphatic carbocycles. The van der Waals surface area contributed by atoms with Crippen LogP contribution in [0.3, 0.4) is 0 Å². The Morgan fingerprint density at radius 2 is 1.95 bits per heavy atom. The van der Waals surface area contributed by atoms with E-state index >= 15 is 0 Å². The summed E-state index contributed by atoms with van der Waals surface area (Å²) >= 11 is 0. The van der Waals surface area contributed by atoms with Crippen molar-refractivity contribution in [2.75, 3.05) is 18.0 Å². The first-order chi connectivity index (χ1) is 9.28. The highest BCUT2D eigenvalue weighted by molar-refractivity contribution is 5.61. The van der Waals surface area contributed by atoms with Crippen molar-refractivity contribution in [2.45, 2.75) is 39.0 Å². The molecule has 1 aromatic carbocycles. The number of aryl methyl sites for hydroxylation is 1. The molecule has 100 valence electrons. The van der Waals surface area contributed by atoms with E-state index in [2.05, 4.69) is 24.0 Å². The molecule has 1 saturated heterocycles. The third-order valence-electron chi connectivity index (χ3n) is 4.91. The fraction of sp³-hybridized carbons (Fsp3) is 0.588. The highest BCUT2D eigenvalue weighted by atomic mass is 15.1. The monoisotopic (exact) mass is 254 g/mol. The third-order valence-corrected chi connectivity index (χ3v) is 4.91. The van der Waals surface area contributed by atoms with Crippen LogP contribution in [-0.4, -0.2) is 13.1 Å². The van der Waals surface area contributed by atoms with Gasteiger partial charge in [-0.2, -0.15) is 5.26 Å². The standard InChI is InChI=1S/C17H22N2/c1-13-6-7-15(11-18)17(10-13)19-9-8-14-4-2-3-5-16(14)12-19/h6-7,10,14,16H,2-5,8-9,12H2,1H3. The largest absolute Gasteiger partial charge is 0.370 e. The van der Waals surface area contributed by atoms with Gasteiger partial charge < -0.3 is 4.90 Å². The second-order valence-electron chi connectivity index (χ2n) is 6.17. The molecule has 0 radical (unpaired) electrons. The molecule has 2 nitrogen and oxygen atoms in total. The quantitative estimate of drug-likeness (QED) is 0.760. The number of fused-ring (bicyclic) bond motifs is 1. The van der Waals surface area contributed by atoms with E-state index in [1.807, 2.05) is 12.1 Å². The highest BCUT2D eigenvalue weighted by Gasteiger charge is 2.31. The van der Waals surface area contributed by atoms with E-state index in [1.165, 1.54) is 37.7 Å². The Kier molecular flexibility index (Phi) is 3.46. The van der Waals surface area contributed by atoms with Crippen molar-refractivity contribution in [1.29, 1.82) is 5.26 Å². The van der Waals surface area contributed by atoms with Crippen molar-refractivity contribution >= 4 is 5.69 Å². The molecule has 2 fully saturated rings. The molecule has 0 aromatic heterocycles. The van der Waals surface area contributed by atoms with Gasteiger partial charge in [0.25, 0.3) is 0 Å². The maximum Gasteiger partial charge on any atom is 0.101 e. The Labute approximate surface area is 116 Å². The summed E-state index contributed by atoms with van der Waals surface area (Å²) in [4.78, 5) is 2.46. The molecule has 1 heterocycles. The smallest absolute Gasteiger partial charge is 0.101 e. The molecule has 0 spiro atoms. The highest BCUT2D eigenvalue weighted by Crippen LogP contribution is 2.38. The summed E-state index contributed by atoms with van der Waals surface area (Å²) in [6.07, 6.45) is 6.94. The molecule has 19 heavy (non-hydrogen) atoms. The van der Waals surface area contributed by atoms with Crippen LogP contribution in [0.25, 0.3) is 0 Å². The molecule has 0 bridgehead atoms. The van der Waals surface area contributed by atoms with Crippen molar-refractivity contribution in [1.82, 2.24) is 0 Å². The molecule has 3 rings (SSSR count). The van der Waals surface area contributed by atoms with Crippen LogP contribution in [0.4, 0.5) is 5.69 Å². The molecule has 2 unspecified atom stereocenters. The third kappa shape index (κ3) is 2.47. The maximum atomic E-state index is 9.30. The first-order valence-electron chi connectivity index (χ1n) is 7.53. The number of nitriles is 1. The summed E-state index contributed by atoms with van der Waals surface area (Å²) < 4.78 is 0. The number of benzene rings is 1. The van der Waals surface area contributed by atoms with Crippen molar-refractivity contribution in [3.63, 3.8) is 0 Å². The minimum absolute atomic E-state index is 0.833. The van der Waals surface area contributed by atoms with Gasteiger partial charge in [-0.1, -0.05) is 25.3 Å². The predicted octanol–water partition coefficient (Wildman–Crippen LogP) is 3.88. The van der Waals surface area contributed by atoms with E-state index in [0.717, 1.165) is 36.2 Å². The normalized spacial score (nSPS) is 26.6. The SMILES string of the molecule is Cc1ccc(C#N)c(N2CCC3CCCCC3C2)c1. The van der Waals surface area contributed by atoms with Crippen LogP contribution in [0.2, 0.25) is 0 Å². The Balaban J connectivity index is 1.83. The zero-order valence-electron chi connectivity index (χ0n) is 11.7. The fourth-order valence-electron chi connectivity index (χ4n) is 3.82. The number of rotatable bonds is 1. The second-order valence-corrected chi connectivity index (χ2v) is 6.17. The lowest BCUT2D eigenvalue weighted by atomic mass is 9.75. The number of piperidine rings is 1. The molecular weight excluding hydrogens is 232 g/mol. The average Bonchev–Trinajstić information content (AvgIpc) is 2.46. The van der Waals surface area contributed by atoms with Gasteiger partial charge in [0.2, 0.25) is 0 Å². The lowest BCUT2D eigenvalue weighted by Gasteiger charge is -2.42. The topological polar surface area (TPSA) is 27.0 Å². The van der Waals surface area contributed by atoms with Gasteiger partial charge in [-0.15, -0.1) is 0 Å². The summed E-state index contributed by atoms with van der Waals surface area (Å²) in [5, 5.41) is 9.30. The van der Waals surface area contributed by atoms with Crippen LogP contribution < -0.4 is 4.90 Å². The number of anilines is 1. The van der Waals surface area contributed by atoms with Crippen molar-refractivity contribution in [2.24, 2.45) is 11.8 Å². The Hall–Kier alpha value is -1.49. The van der Waals surface area contributed by atoms with E-state index in [0.29, 0.717) is 0 Å². The average molecular weight is 254 g/mol. The predicted molar refractivity (Wildman–Crippen MR) is 78.2 cm³/mol. The molecule has 2 atom stereocenters. The van der Waals surface area contributed by atoms with E-state index in [9.17, 15) is 5.26 Å². The van der Waals surface area contributed by atoms with Crippen molar-refractivity contribution in [3.8, 4) is 6.07 Å². The summed E-state index contributed by atoms with van der Waals surface area (Å²) in [5.74, 6) is 1.80. The minimum Gasteiger partial charge on any atom is -0.370 e. The number of nitrogens with zero attached hydrogens (tertiary/aromatic N) is 2. The fourth-order valence-corrected chi connectivity index (χ4v) is 3.82. The summed E-state index contributed by atoms with van der Waals surface area (Å²) in [7, 11) is 0. The van der Waals surface area contributed by atoms with Crippen LogP contribution in [0, 0.1) is 30.1 Å². The van der Waals surface area contributed by atoms with Gasteiger partial charge in [0.1, 0.15) is 6.07 Å². The van der Waals surface area contributed by atoms with Crippen molar-refractivity contribution < 1.29 is 0 Å². The molecule has 1 saturated carbocycles. The zero-order valence-corrected chi connectivity index (χ0v) is 11.7. The van der Waals surface area contributed by atoms with Crippen LogP contribution in [0.5, 0.6) is 0 Å². The van der Waals surface area contributed by atoms with E-state index < -0.39 is 0 Å². The van der Waals surface area contributed by atoms with Gasteiger partial charge in [0.05, 0.1) is 11.3 Å². The van der Waals surface area contributed by atoms with Crippen LogP contribution in [0.1, 0.15) is 43.2 Å². The maximum absolute atomic E-state index is 9.30.